The lowest BCUT2D eigenvalue weighted by molar-refractivity contribution is 0.355. The molecule has 0 heterocycles. The Kier molecular flexibility index (Phi) is 5.72. The van der Waals surface area contributed by atoms with Crippen LogP contribution in [0.25, 0.3) is 0 Å². The minimum absolute atomic E-state index is 0.224. The molecule has 1 N–H and O–H groups in total. The average molecular weight is 319 g/mol. The van der Waals surface area contributed by atoms with E-state index in [1.165, 1.54) is 12.1 Å². The first kappa shape index (κ1) is 16.2. The van der Waals surface area contributed by atoms with Crippen LogP contribution in [0.15, 0.2) is 42.5 Å². The second kappa shape index (κ2) is 7.75. The highest BCUT2D eigenvalue weighted by atomic mass is 32.1. The molecule has 0 spiro atoms. The minimum atomic E-state index is -0.224. The molecule has 0 fully saturated rings. The molecule has 2 aromatic rings. The van der Waals surface area contributed by atoms with Gasteiger partial charge in [-0.1, -0.05) is 24.4 Å². The number of rotatable bonds is 6. The molecular weight excluding hydrogens is 301 g/mol. The molecule has 0 radical (unpaired) electrons. The van der Waals surface area contributed by atoms with Gasteiger partial charge in [0.25, 0.3) is 0 Å². The van der Waals surface area contributed by atoms with Gasteiger partial charge in [0.05, 0.1) is 14.2 Å². The standard InChI is InChI=1S/C17H18FNO2S/c1-20-15-8-5-13(11-16(15)21-2)17(22)19-10-9-12-3-6-14(18)7-4-12/h3-8,11H,9-10H2,1-2H3,(H,19,22). The Hall–Kier alpha value is -2.14. The highest BCUT2D eigenvalue weighted by molar-refractivity contribution is 7.80. The van der Waals surface area contributed by atoms with E-state index in [9.17, 15) is 4.39 Å². The SMILES string of the molecule is COc1ccc(C(=S)NCCc2ccc(F)cc2)cc1OC. The molecule has 0 aliphatic heterocycles. The van der Waals surface area contributed by atoms with Crippen molar-refractivity contribution in [1.82, 2.24) is 5.32 Å². The normalized spacial score (nSPS) is 10.1. The predicted molar refractivity (Wildman–Crippen MR) is 89.4 cm³/mol. The molecule has 116 valence electrons. The fraction of sp³-hybridized carbons (Fsp3) is 0.235. The maximum absolute atomic E-state index is 12.8. The van der Waals surface area contributed by atoms with E-state index < -0.39 is 0 Å². The lowest BCUT2D eigenvalue weighted by Crippen LogP contribution is -2.24. The van der Waals surface area contributed by atoms with Crippen molar-refractivity contribution in [3.05, 3.63) is 59.4 Å². The first-order valence-electron chi connectivity index (χ1n) is 6.88. The van der Waals surface area contributed by atoms with E-state index in [0.29, 0.717) is 23.0 Å². The molecule has 0 bridgehead atoms. The van der Waals surface area contributed by atoms with E-state index in [0.717, 1.165) is 17.5 Å². The maximum atomic E-state index is 12.8. The summed E-state index contributed by atoms with van der Waals surface area (Å²) in [4.78, 5) is 0.642. The number of ether oxygens (including phenoxy) is 2. The monoisotopic (exact) mass is 319 g/mol. The lowest BCUT2D eigenvalue weighted by atomic mass is 10.1. The van der Waals surface area contributed by atoms with Gasteiger partial charge in [0.15, 0.2) is 11.5 Å². The fourth-order valence-corrected chi connectivity index (χ4v) is 2.28. The number of methoxy groups -OCH3 is 2. The Morgan fingerprint density at radius 3 is 2.36 bits per heavy atom. The molecule has 0 unspecified atom stereocenters. The Bertz CT molecular complexity index is 644. The van der Waals surface area contributed by atoms with Crippen LogP contribution in [0.2, 0.25) is 0 Å². The highest BCUT2D eigenvalue weighted by Crippen LogP contribution is 2.27. The zero-order chi connectivity index (χ0) is 15.9. The van der Waals surface area contributed by atoms with Gasteiger partial charge in [0, 0.05) is 12.1 Å². The maximum Gasteiger partial charge on any atom is 0.161 e. The van der Waals surface area contributed by atoms with E-state index in [1.54, 1.807) is 26.4 Å². The van der Waals surface area contributed by atoms with Gasteiger partial charge in [-0.3, -0.25) is 0 Å². The van der Waals surface area contributed by atoms with E-state index in [4.69, 9.17) is 21.7 Å². The van der Waals surface area contributed by atoms with Gasteiger partial charge in [-0.15, -0.1) is 0 Å². The molecule has 22 heavy (non-hydrogen) atoms. The van der Waals surface area contributed by atoms with Crippen molar-refractivity contribution in [3.63, 3.8) is 0 Å². The quantitative estimate of drug-likeness (QED) is 0.827. The van der Waals surface area contributed by atoms with Crippen molar-refractivity contribution < 1.29 is 13.9 Å². The first-order valence-corrected chi connectivity index (χ1v) is 7.29. The number of hydrogen-bond acceptors (Lipinski definition) is 3. The van der Waals surface area contributed by atoms with E-state index in [-0.39, 0.29) is 5.82 Å². The summed E-state index contributed by atoms with van der Waals surface area (Å²) in [6.07, 6.45) is 0.772. The van der Waals surface area contributed by atoms with Crippen LogP contribution in [0, 0.1) is 5.82 Å². The van der Waals surface area contributed by atoms with Crippen LogP contribution in [0.1, 0.15) is 11.1 Å². The van der Waals surface area contributed by atoms with Crippen molar-refractivity contribution in [2.24, 2.45) is 0 Å². The van der Waals surface area contributed by atoms with Crippen LogP contribution >= 0.6 is 12.2 Å². The average Bonchev–Trinajstić information content (AvgIpc) is 2.55. The van der Waals surface area contributed by atoms with Gasteiger partial charge in [-0.05, 0) is 42.3 Å². The molecule has 2 rings (SSSR count). The lowest BCUT2D eigenvalue weighted by Gasteiger charge is -2.12. The number of hydrogen-bond donors (Lipinski definition) is 1. The van der Waals surface area contributed by atoms with Crippen molar-refractivity contribution in [2.45, 2.75) is 6.42 Å². The van der Waals surface area contributed by atoms with Gasteiger partial charge in [0.1, 0.15) is 10.8 Å². The van der Waals surface area contributed by atoms with Gasteiger partial charge < -0.3 is 14.8 Å². The third-order valence-corrected chi connectivity index (χ3v) is 3.64. The number of thiocarbonyl (C=S) groups is 1. The van der Waals surface area contributed by atoms with Gasteiger partial charge >= 0.3 is 0 Å². The zero-order valence-electron chi connectivity index (χ0n) is 12.6. The Morgan fingerprint density at radius 2 is 1.73 bits per heavy atom. The molecule has 0 atom stereocenters. The Morgan fingerprint density at radius 1 is 1.05 bits per heavy atom. The van der Waals surface area contributed by atoms with E-state index in [1.807, 2.05) is 18.2 Å². The van der Waals surface area contributed by atoms with Crippen molar-refractivity contribution >= 4 is 17.2 Å². The molecule has 0 aliphatic rings. The third-order valence-electron chi connectivity index (χ3n) is 3.26. The number of benzene rings is 2. The molecule has 0 aromatic heterocycles. The topological polar surface area (TPSA) is 30.5 Å². The van der Waals surface area contributed by atoms with E-state index in [2.05, 4.69) is 5.32 Å². The summed E-state index contributed by atoms with van der Waals surface area (Å²) in [5.74, 6) is 1.08. The Balaban J connectivity index is 1.93. The van der Waals surface area contributed by atoms with Gasteiger partial charge in [0.2, 0.25) is 0 Å². The van der Waals surface area contributed by atoms with Crippen LogP contribution in [0.3, 0.4) is 0 Å². The van der Waals surface area contributed by atoms with Crippen LogP contribution in [0.4, 0.5) is 4.39 Å². The predicted octanol–water partition coefficient (Wildman–Crippen LogP) is 3.35. The number of halogens is 1. The van der Waals surface area contributed by atoms with Gasteiger partial charge in [-0.2, -0.15) is 0 Å². The van der Waals surface area contributed by atoms with Crippen LogP contribution < -0.4 is 14.8 Å². The van der Waals surface area contributed by atoms with Crippen LogP contribution in [-0.2, 0) is 6.42 Å². The van der Waals surface area contributed by atoms with E-state index >= 15 is 0 Å². The largest absolute Gasteiger partial charge is 0.493 e. The summed E-state index contributed by atoms with van der Waals surface area (Å²) in [6.45, 7) is 0.679. The summed E-state index contributed by atoms with van der Waals surface area (Å²) in [5, 5.41) is 3.19. The summed E-state index contributed by atoms with van der Waals surface area (Å²) >= 11 is 5.38. The summed E-state index contributed by atoms with van der Waals surface area (Å²) in [6, 6.07) is 12.0. The third kappa shape index (κ3) is 4.18. The molecular formula is C17H18FNO2S. The molecule has 0 saturated heterocycles. The van der Waals surface area contributed by atoms with Crippen molar-refractivity contribution in [1.29, 1.82) is 0 Å². The summed E-state index contributed by atoms with van der Waals surface area (Å²) < 4.78 is 23.3. The highest BCUT2D eigenvalue weighted by Gasteiger charge is 2.07. The first-order chi connectivity index (χ1) is 10.6. The van der Waals surface area contributed by atoms with Crippen LogP contribution in [0.5, 0.6) is 11.5 Å². The molecule has 0 amide bonds. The molecule has 3 nitrogen and oxygen atoms in total. The van der Waals surface area contributed by atoms with Crippen molar-refractivity contribution in [3.8, 4) is 11.5 Å². The summed E-state index contributed by atoms with van der Waals surface area (Å²) in [7, 11) is 3.18. The molecule has 5 heteroatoms. The molecule has 0 saturated carbocycles. The summed E-state index contributed by atoms with van der Waals surface area (Å²) in [5.41, 5.74) is 1.93. The molecule has 0 aliphatic carbocycles. The van der Waals surface area contributed by atoms with Gasteiger partial charge in [-0.25, -0.2) is 4.39 Å². The number of nitrogens with one attached hydrogen (secondary N) is 1. The zero-order valence-corrected chi connectivity index (χ0v) is 13.4. The fourth-order valence-electron chi connectivity index (χ4n) is 2.05. The van der Waals surface area contributed by atoms with Crippen molar-refractivity contribution in [2.75, 3.05) is 20.8 Å². The minimum Gasteiger partial charge on any atom is -0.493 e. The van der Waals surface area contributed by atoms with Crippen LogP contribution in [-0.4, -0.2) is 25.8 Å². The Labute approximate surface area is 135 Å². The second-order valence-corrected chi connectivity index (χ2v) is 5.11. The smallest absolute Gasteiger partial charge is 0.161 e. The second-order valence-electron chi connectivity index (χ2n) is 4.70. The molecule has 2 aromatic carbocycles.